The number of amides is 1. The summed E-state index contributed by atoms with van der Waals surface area (Å²) in [7, 11) is 1.25. The van der Waals surface area contributed by atoms with Crippen molar-refractivity contribution in [1.29, 1.82) is 0 Å². The minimum atomic E-state index is -1.12. The molecule has 0 aliphatic carbocycles. The molecule has 0 unspecified atom stereocenters. The van der Waals surface area contributed by atoms with Crippen LogP contribution in [0.3, 0.4) is 0 Å². The highest BCUT2D eigenvalue weighted by Crippen LogP contribution is 2.44. The number of rotatable bonds is 6. The Balaban J connectivity index is 1.66. The highest BCUT2D eigenvalue weighted by atomic mass is 32.1. The number of hydrogen-bond acceptors (Lipinski definition) is 11. The molecule has 2 aliphatic rings. The second-order valence-electron chi connectivity index (χ2n) is 8.77. The van der Waals surface area contributed by atoms with Crippen LogP contribution in [0.4, 0.5) is 5.13 Å². The first-order valence-electron chi connectivity index (χ1n) is 12.3. The summed E-state index contributed by atoms with van der Waals surface area (Å²) in [5, 5.41) is 11.5. The Morgan fingerprint density at radius 2 is 1.73 bits per heavy atom. The van der Waals surface area contributed by atoms with Gasteiger partial charge in [-0.05, 0) is 49.7 Å². The van der Waals surface area contributed by atoms with Crippen molar-refractivity contribution in [2.75, 3.05) is 31.8 Å². The maximum atomic E-state index is 13.5. The predicted octanol–water partition coefficient (Wildman–Crippen LogP) is 3.81. The number of benzene rings is 2. The number of Topliss-reactive ketones (excluding diaryl/α,β-unsaturated/α-hetero) is 1. The first-order valence-corrected chi connectivity index (χ1v) is 13.1. The fourth-order valence-electron chi connectivity index (χ4n) is 4.48. The highest BCUT2D eigenvalue weighted by Gasteiger charge is 2.48. The summed E-state index contributed by atoms with van der Waals surface area (Å²) in [5.74, 6) is -2.60. The van der Waals surface area contributed by atoms with E-state index < -0.39 is 35.4 Å². The van der Waals surface area contributed by atoms with Gasteiger partial charge < -0.3 is 24.1 Å². The first kappa shape index (κ1) is 26.9. The fraction of sp³-hybridized carbons (Fsp3) is 0.250. The van der Waals surface area contributed by atoms with E-state index in [1.165, 1.54) is 25.3 Å². The number of carbonyl (C=O) groups excluding carboxylic acids is 4. The van der Waals surface area contributed by atoms with E-state index in [1.807, 2.05) is 0 Å². The molecular weight excluding hydrogens is 540 g/mol. The molecule has 0 saturated carbocycles. The van der Waals surface area contributed by atoms with Crippen LogP contribution in [-0.2, 0) is 19.1 Å². The van der Waals surface area contributed by atoms with Crippen LogP contribution in [0.1, 0.15) is 49.8 Å². The van der Waals surface area contributed by atoms with Crippen molar-refractivity contribution in [3.05, 3.63) is 75.3 Å². The third-order valence-electron chi connectivity index (χ3n) is 6.36. The van der Waals surface area contributed by atoms with Crippen LogP contribution in [0.2, 0.25) is 0 Å². The summed E-state index contributed by atoms with van der Waals surface area (Å²) in [6.45, 7) is 4.12. The molecule has 3 heterocycles. The summed E-state index contributed by atoms with van der Waals surface area (Å²) in [6, 6.07) is 9.65. The van der Waals surface area contributed by atoms with Crippen molar-refractivity contribution < 1.29 is 43.2 Å². The highest BCUT2D eigenvalue weighted by molar-refractivity contribution is 7.17. The summed E-state index contributed by atoms with van der Waals surface area (Å²) in [5.41, 5.74) is 1.03. The van der Waals surface area contributed by atoms with Gasteiger partial charge in [-0.2, -0.15) is 0 Å². The number of nitrogens with zero attached hydrogens (tertiary/aromatic N) is 2. The number of thiazole rings is 1. The first-order chi connectivity index (χ1) is 19.2. The second kappa shape index (κ2) is 10.8. The quantitative estimate of drug-likeness (QED) is 0.203. The molecule has 2 aromatic carbocycles. The molecule has 1 saturated heterocycles. The smallest absolute Gasteiger partial charge is 0.350 e. The fourth-order valence-corrected chi connectivity index (χ4v) is 5.47. The van der Waals surface area contributed by atoms with Crippen LogP contribution >= 0.6 is 11.3 Å². The van der Waals surface area contributed by atoms with Crippen LogP contribution < -0.4 is 14.4 Å². The van der Waals surface area contributed by atoms with E-state index in [4.69, 9.17) is 18.9 Å². The molecule has 206 valence electrons. The molecule has 40 heavy (non-hydrogen) atoms. The van der Waals surface area contributed by atoms with E-state index >= 15 is 0 Å². The Hall–Kier alpha value is -4.71. The van der Waals surface area contributed by atoms with Crippen molar-refractivity contribution in [3.8, 4) is 11.5 Å². The van der Waals surface area contributed by atoms with Gasteiger partial charge in [0.15, 0.2) is 16.6 Å². The molecule has 1 aromatic heterocycles. The molecule has 2 aliphatic heterocycles. The molecule has 12 heteroatoms. The second-order valence-corrected chi connectivity index (χ2v) is 9.75. The van der Waals surface area contributed by atoms with Crippen molar-refractivity contribution in [1.82, 2.24) is 4.98 Å². The van der Waals surface area contributed by atoms with Crippen LogP contribution in [0.5, 0.6) is 11.5 Å². The molecule has 0 spiro atoms. The van der Waals surface area contributed by atoms with Gasteiger partial charge in [0.25, 0.3) is 5.78 Å². The van der Waals surface area contributed by atoms with E-state index in [1.54, 1.807) is 38.1 Å². The lowest BCUT2D eigenvalue weighted by atomic mass is 9.94. The zero-order valence-electron chi connectivity index (χ0n) is 21.8. The number of aryl methyl sites for hydroxylation is 1. The number of ketones is 1. The third-order valence-corrected chi connectivity index (χ3v) is 7.50. The van der Waals surface area contributed by atoms with Gasteiger partial charge in [0.05, 0.1) is 36.6 Å². The van der Waals surface area contributed by atoms with E-state index in [0.717, 1.165) is 16.2 Å². The Labute approximate surface area is 232 Å². The van der Waals surface area contributed by atoms with Crippen LogP contribution in [0, 0.1) is 6.92 Å². The summed E-state index contributed by atoms with van der Waals surface area (Å²) < 4.78 is 21.0. The summed E-state index contributed by atoms with van der Waals surface area (Å²) in [4.78, 5) is 57.1. The van der Waals surface area contributed by atoms with Gasteiger partial charge in [0.1, 0.15) is 23.9 Å². The standard InChI is InChI=1S/C28H24N2O9S/c1-4-37-27(35)24-14(2)29-28(40-24)30-21(15-5-7-16(8-6-15)26(34)36-3)20(23(32)25(30)33)22(31)17-9-10-18-19(13-17)39-12-11-38-18/h5-10,13,21,31H,4,11-12H2,1-3H3/t21-/m0/s1. The maximum Gasteiger partial charge on any atom is 0.350 e. The number of ether oxygens (including phenoxy) is 4. The zero-order chi connectivity index (χ0) is 28.6. The van der Waals surface area contributed by atoms with E-state index in [0.29, 0.717) is 36.0 Å². The minimum Gasteiger partial charge on any atom is -0.507 e. The Morgan fingerprint density at radius 1 is 1.05 bits per heavy atom. The monoisotopic (exact) mass is 564 g/mol. The number of fused-ring (bicyclic) bond motifs is 1. The van der Waals surface area contributed by atoms with Gasteiger partial charge in [-0.3, -0.25) is 14.5 Å². The Kier molecular flexibility index (Phi) is 7.26. The molecule has 0 bridgehead atoms. The van der Waals surface area contributed by atoms with Crippen LogP contribution in [-0.4, -0.2) is 60.6 Å². The average Bonchev–Trinajstić information content (AvgIpc) is 3.48. The topological polar surface area (TPSA) is 142 Å². The number of hydrogen-bond donors (Lipinski definition) is 1. The molecule has 1 atom stereocenters. The van der Waals surface area contributed by atoms with Gasteiger partial charge in [-0.25, -0.2) is 14.6 Å². The van der Waals surface area contributed by atoms with Crippen molar-refractivity contribution in [3.63, 3.8) is 0 Å². The number of anilines is 1. The number of aliphatic hydroxyl groups excluding tert-OH is 1. The van der Waals surface area contributed by atoms with Gasteiger partial charge >= 0.3 is 17.8 Å². The number of esters is 2. The number of aliphatic hydroxyl groups is 1. The van der Waals surface area contributed by atoms with Gasteiger partial charge in [0, 0.05) is 5.56 Å². The van der Waals surface area contributed by atoms with E-state index in [2.05, 4.69) is 4.98 Å². The van der Waals surface area contributed by atoms with Gasteiger partial charge in [0.2, 0.25) is 0 Å². The number of aromatic nitrogens is 1. The lowest BCUT2D eigenvalue weighted by Crippen LogP contribution is -2.29. The largest absolute Gasteiger partial charge is 0.507 e. The van der Waals surface area contributed by atoms with E-state index in [9.17, 15) is 24.3 Å². The molecule has 5 rings (SSSR count). The lowest BCUT2D eigenvalue weighted by molar-refractivity contribution is -0.132. The molecule has 0 radical (unpaired) electrons. The third kappa shape index (κ3) is 4.66. The zero-order valence-corrected chi connectivity index (χ0v) is 22.6. The summed E-state index contributed by atoms with van der Waals surface area (Å²) >= 11 is 0.901. The lowest BCUT2D eigenvalue weighted by Gasteiger charge is -2.23. The molecule has 3 aromatic rings. The number of methoxy groups -OCH3 is 1. The average molecular weight is 565 g/mol. The van der Waals surface area contributed by atoms with Crippen molar-refractivity contribution >= 4 is 45.9 Å². The maximum absolute atomic E-state index is 13.5. The van der Waals surface area contributed by atoms with Crippen LogP contribution in [0.15, 0.2) is 48.0 Å². The normalized spacial score (nSPS) is 17.6. The van der Waals surface area contributed by atoms with Crippen LogP contribution in [0.25, 0.3) is 5.76 Å². The number of carbonyl (C=O) groups is 4. The SMILES string of the molecule is CCOC(=O)c1sc(N2C(=O)C(=O)C(=C(O)c3ccc4c(c3)OCCO4)[C@@H]2c2ccc(C(=O)OC)cc2)nc1C. The summed E-state index contributed by atoms with van der Waals surface area (Å²) in [6.07, 6.45) is 0. The van der Waals surface area contributed by atoms with Crippen molar-refractivity contribution in [2.45, 2.75) is 19.9 Å². The van der Waals surface area contributed by atoms with Gasteiger partial charge in [-0.15, -0.1) is 0 Å². The molecular formula is C28H24N2O9S. The Bertz CT molecular complexity index is 1560. The molecule has 1 amide bonds. The molecule has 1 N–H and O–H groups in total. The minimum absolute atomic E-state index is 0.0749. The van der Waals surface area contributed by atoms with Crippen molar-refractivity contribution in [2.24, 2.45) is 0 Å². The molecule has 11 nitrogen and oxygen atoms in total. The predicted molar refractivity (Wildman–Crippen MR) is 143 cm³/mol. The van der Waals surface area contributed by atoms with Gasteiger partial charge in [-0.1, -0.05) is 23.5 Å². The molecule has 1 fully saturated rings. The van der Waals surface area contributed by atoms with E-state index in [-0.39, 0.29) is 33.3 Å². The Morgan fingerprint density at radius 3 is 2.40 bits per heavy atom.